The highest BCUT2D eigenvalue weighted by atomic mass is 35.5. The topological polar surface area (TPSA) is 40.7 Å². The second-order valence-electron chi connectivity index (χ2n) is 4.08. The van der Waals surface area contributed by atoms with E-state index in [0.29, 0.717) is 0 Å². The number of imidazole rings is 1. The van der Waals surface area contributed by atoms with Gasteiger partial charge in [-0.3, -0.25) is 0 Å². The first-order valence-corrected chi connectivity index (χ1v) is 6.22. The van der Waals surface area contributed by atoms with Crippen LogP contribution >= 0.6 is 11.6 Å². The third-order valence-corrected chi connectivity index (χ3v) is 2.99. The number of aromatic nitrogens is 2. The van der Waals surface area contributed by atoms with Gasteiger partial charge in [-0.15, -0.1) is 0 Å². The van der Waals surface area contributed by atoms with Gasteiger partial charge in [0.25, 0.3) is 0 Å². The van der Waals surface area contributed by atoms with Crippen molar-refractivity contribution in [2.45, 2.75) is 12.8 Å². The highest BCUT2D eigenvalue weighted by Gasteiger charge is 2.06. The Morgan fingerprint density at radius 3 is 3.00 bits per heavy atom. The van der Waals surface area contributed by atoms with Gasteiger partial charge in [-0.1, -0.05) is 11.6 Å². The normalized spacial score (nSPS) is 10.8. The lowest BCUT2D eigenvalue weighted by molar-refractivity contribution is 0.628. The minimum absolute atomic E-state index is 0.124. The molecule has 0 atom stereocenters. The van der Waals surface area contributed by atoms with E-state index in [1.165, 1.54) is 6.07 Å². The molecule has 0 spiro atoms. The van der Waals surface area contributed by atoms with Crippen molar-refractivity contribution in [3.8, 4) is 11.3 Å². The minimum Gasteiger partial charge on any atom is -0.342 e. The monoisotopic (exact) mass is 267 g/mol. The number of nitrogens with zero attached hydrogens (tertiary/aromatic N) is 1. The second kappa shape index (κ2) is 5.98. The quantitative estimate of drug-likeness (QED) is 0.818. The molecule has 1 aromatic heterocycles. The molecule has 0 aliphatic carbocycles. The number of halogens is 2. The summed E-state index contributed by atoms with van der Waals surface area (Å²) >= 11 is 5.76. The van der Waals surface area contributed by atoms with Crippen LogP contribution in [0.3, 0.4) is 0 Å². The van der Waals surface area contributed by atoms with E-state index in [0.717, 1.165) is 36.5 Å². The molecular formula is C13H15ClFN3. The van der Waals surface area contributed by atoms with Crippen molar-refractivity contribution in [1.29, 1.82) is 0 Å². The molecule has 0 unspecified atom stereocenters. The lowest BCUT2D eigenvalue weighted by Gasteiger charge is -2.00. The van der Waals surface area contributed by atoms with Crippen LogP contribution in [0.25, 0.3) is 11.3 Å². The van der Waals surface area contributed by atoms with Crippen LogP contribution < -0.4 is 5.32 Å². The van der Waals surface area contributed by atoms with Crippen LogP contribution in [-0.4, -0.2) is 23.6 Å². The second-order valence-corrected chi connectivity index (χ2v) is 4.49. The van der Waals surface area contributed by atoms with Crippen molar-refractivity contribution >= 4 is 11.6 Å². The van der Waals surface area contributed by atoms with Crippen molar-refractivity contribution in [3.63, 3.8) is 0 Å². The van der Waals surface area contributed by atoms with E-state index >= 15 is 0 Å². The van der Waals surface area contributed by atoms with E-state index in [9.17, 15) is 4.39 Å². The number of aromatic amines is 1. The number of hydrogen-bond acceptors (Lipinski definition) is 2. The molecule has 0 radical (unpaired) electrons. The highest BCUT2D eigenvalue weighted by molar-refractivity contribution is 6.31. The van der Waals surface area contributed by atoms with E-state index in [-0.39, 0.29) is 5.02 Å². The highest BCUT2D eigenvalue weighted by Crippen LogP contribution is 2.23. The number of hydrogen-bond donors (Lipinski definition) is 2. The molecule has 96 valence electrons. The molecule has 2 N–H and O–H groups in total. The Morgan fingerprint density at radius 1 is 1.44 bits per heavy atom. The first kappa shape index (κ1) is 13.1. The van der Waals surface area contributed by atoms with Gasteiger partial charge in [0.15, 0.2) is 0 Å². The molecule has 1 heterocycles. The molecule has 18 heavy (non-hydrogen) atoms. The molecule has 0 saturated carbocycles. The predicted octanol–water partition coefficient (Wildman–Crippen LogP) is 3.02. The van der Waals surface area contributed by atoms with Crippen LogP contribution in [0.4, 0.5) is 4.39 Å². The van der Waals surface area contributed by atoms with E-state index in [1.54, 1.807) is 18.3 Å². The van der Waals surface area contributed by atoms with Crippen LogP contribution in [0.2, 0.25) is 5.02 Å². The summed E-state index contributed by atoms with van der Waals surface area (Å²) in [6.45, 7) is 0.957. The fourth-order valence-corrected chi connectivity index (χ4v) is 1.91. The summed E-state index contributed by atoms with van der Waals surface area (Å²) in [7, 11) is 1.92. The van der Waals surface area contributed by atoms with Gasteiger partial charge in [-0.25, -0.2) is 9.37 Å². The summed E-state index contributed by atoms with van der Waals surface area (Å²) < 4.78 is 13.1. The van der Waals surface area contributed by atoms with E-state index in [1.807, 2.05) is 7.05 Å². The average Bonchev–Trinajstić information content (AvgIpc) is 2.82. The van der Waals surface area contributed by atoms with Gasteiger partial charge >= 0.3 is 0 Å². The van der Waals surface area contributed by atoms with Crippen molar-refractivity contribution in [2.75, 3.05) is 13.6 Å². The number of aryl methyl sites for hydroxylation is 1. The zero-order valence-corrected chi connectivity index (χ0v) is 10.9. The first-order chi connectivity index (χ1) is 8.70. The largest absolute Gasteiger partial charge is 0.342 e. The van der Waals surface area contributed by atoms with Crippen LogP contribution in [0, 0.1) is 5.82 Å². The van der Waals surface area contributed by atoms with E-state index in [2.05, 4.69) is 15.3 Å². The SMILES string of the molecule is CNCCCc1ncc(-c2ccc(F)c(Cl)c2)[nH]1. The summed E-state index contributed by atoms with van der Waals surface area (Å²) in [5, 5.41) is 3.21. The Labute approximate surface area is 110 Å². The predicted molar refractivity (Wildman–Crippen MR) is 71.2 cm³/mol. The maximum absolute atomic E-state index is 13.1. The van der Waals surface area contributed by atoms with Crippen LogP contribution in [0.15, 0.2) is 24.4 Å². The number of rotatable bonds is 5. The third kappa shape index (κ3) is 3.09. The van der Waals surface area contributed by atoms with E-state index in [4.69, 9.17) is 11.6 Å². The Bertz CT molecular complexity index is 525. The average molecular weight is 268 g/mol. The number of benzene rings is 1. The third-order valence-electron chi connectivity index (χ3n) is 2.70. The maximum atomic E-state index is 13.1. The maximum Gasteiger partial charge on any atom is 0.141 e. The first-order valence-electron chi connectivity index (χ1n) is 5.84. The van der Waals surface area contributed by atoms with Gasteiger partial charge in [-0.2, -0.15) is 0 Å². The van der Waals surface area contributed by atoms with Crippen LogP contribution in [0.5, 0.6) is 0 Å². The van der Waals surface area contributed by atoms with E-state index < -0.39 is 5.82 Å². The van der Waals surface area contributed by atoms with Crippen molar-refractivity contribution < 1.29 is 4.39 Å². The zero-order chi connectivity index (χ0) is 13.0. The molecule has 0 aliphatic rings. The fourth-order valence-electron chi connectivity index (χ4n) is 1.73. The molecule has 2 rings (SSSR count). The fraction of sp³-hybridized carbons (Fsp3) is 0.308. The van der Waals surface area contributed by atoms with Gasteiger partial charge in [0, 0.05) is 12.0 Å². The number of H-pyrrole nitrogens is 1. The summed E-state index contributed by atoms with van der Waals surface area (Å²) in [6.07, 6.45) is 3.65. The van der Waals surface area contributed by atoms with Crippen molar-refractivity contribution in [1.82, 2.24) is 15.3 Å². The molecular weight excluding hydrogens is 253 g/mol. The lowest BCUT2D eigenvalue weighted by Crippen LogP contribution is -2.08. The van der Waals surface area contributed by atoms with Gasteiger partial charge in [0.05, 0.1) is 16.9 Å². The van der Waals surface area contributed by atoms with Gasteiger partial charge in [0.1, 0.15) is 11.6 Å². The Balaban J connectivity index is 2.11. The van der Waals surface area contributed by atoms with Crippen molar-refractivity contribution in [3.05, 3.63) is 41.1 Å². The lowest BCUT2D eigenvalue weighted by atomic mass is 10.2. The Kier molecular flexibility index (Phi) is 4.33. The summed E-state index contributed by atoms with van der Waals surface area (Å²) in [4.78, 5) is 7.51. The number of nitrogens with one attached hydrogen (secondary N) is 2. The summed E-state index contributed by atoms with van der Waals surface area (Å²) in [5.74, 6) is 0.523. The molecule has 1 aromatic carbocycles. The molecule has 5 heteroatoms. The molecule has 0 saturated heterocycles. The molecule has 3 nitrogen and oxygen atoms in total. The summed E-state index contributed by atoms with van der Waals surface area (Å²) in [6, 6.07) is 4.65. The standard InChI is InChI=1S/C13H15ClFN3/c1-16-6-2-3-13-17-8-12(18-13)9-4-5-11(15)10(14)7-9/h4-5,7-8,16H,2-3,6H2,1H3,(H,17,18). The Hall–Kier alpha value is -1.39. The Morgan fingerprint density at radius 2 is 2.28 bits per heavy atom. The van der Waals surface area contributed by atoms with Gasteiger partial charge in [-0.05, 0) is 38.2 Å². The minimum atomic E-state index is -0.408. The van der Waals surface area contributed by atoms with Gasteiger partial charge in [0.2, 0.25) is 0 Å². The van der Waals surface area contributed by atoms with Crippen molar-refractivity contribution in [2.24, 2.45) is 0 Å². The molecule has 0 fully saturated rings. The van der Waals surface area contributed by atoms with Crippen LogP contribution in [-0.2, 0) is 6.42 Å². The van der Waals surface area contributed by atoms with Crippen LogP contribution in [0.1, 0.15) is 12.2 Å². The van der Waals surface area contributed by atoms with Gasteiger partial charge < -0.3 is 10.3 Å². The smallest absolute Gasteiger partial charge is 0.141 e. The molecule has 0 bridgehead atoms. The molecule has 0 amide bonds. The molecule has 0 aliphatic heterocycles. The zero-order valence-electron chi connectivity index (χ0n) is 10.1. The summed E-state index contributed by atoms with van der Waals surface area (Å²) in [5.41, 5.74) is 1.70. The molecule has 2 aromatic rings.